The van der Waals surface area contributed by atoms with Gasteiger partial charge in [-0.15, -0.1) is 0 Å². The first-order valence-electron chi connectivity index (χ1n) is 3.75. The average Bonchev–Trinajstić information content (AvgIpc) is 1.84. The molecule has 6 heteroatoms. The molecule has 0 aliphatic rings. The van der Waals surface area contributed by atoms with Crippen molar-refractivity contribution in [2.24, 2.45) is 0 Å². The summed E-state index contributed by atoms with van der Waals surface area (Å²) in [5.41, 5.74) is 0. The van der Waals surface area contributed by atoms with Crippen molar-refractivity contribution in [1.29, 1.82) is 0 Å². The lowest BCUT2D eigenvalue weighted by molar-refractivity contribution is 0.0715. The van der Waals surface area contributed by atoms with Crippen LogP contribution in [0.4, 0.5) is 8.78 Å². The van der Waals surface area contributed by atoms with Gasteiger partial charge in [-0.2, -0.15) is 0 Å². The Morgan fingerprint density at radius 3 is 2.17 bits per heavy atom. The van der Waals surface area contributed by atoms with Gasteiger partial charge >= 0.3 is 7.12 Å². The highest BCUT2D eigenvalue weighted by molar-refractivity contribution is 6.41. The second-order valence-corrected chi connectivity index (χ2v) is 2.81. The van der Waals surface area contributed by atoms with Crippen molar-refractivity contribution in [3.8, 4) is 0 Å². The van der Waals surface area contributed by atoms with Crippen LogP contribution in [0.15, 0.2) is 0 Å². The molecule has 0 amide bonds. The minimum absolute atomic E-state index is 0.505. The van der Waals surface area contributed by atoms with Gasteiger partial charge in [0.25, 0.3) is 0 Å². The number of aliphatic hydroxyl groups is 1. The van der Waals surface area contributed by atoms with Gasteiger partial charge in [0, 0.05) is 12.7 Å². The highest BCUT2D eigenvalue weighted by Gasteiger charge is 2.23. The molecule has 0 aromatic rings. The number of hydrogen-bond acceptors (Lipinski definition) is 3. The van der Waals surface area contributed by atoms with Crippen LogP contribution in [0.25, 0.3) is 0 Å². The van der Waals surface area contributed by atoms with E-state index in [1.807, 2.05) is 0 Å². The molecule has 0 heterocycles. The molecular formula is C6H13BF2O3. The van der Waals surface area contributed by atoms with Crippen molar-refractivity contribution in [1.82, 2.24) is 0 Å². The van der Waals surface area contributed by atoms with Gasteiger partial charge in [-0.3, -0.25) is 0 Å². The smallest absolute Gasteiger partial charge is 0.427 e. The summed E-state index contributed by atoms with van der Waals surface area (Å²) in [5.74, 6) is 0. The molecule has 0 saturated carbocycles. The topological polar surface area (TPSA) is 60.7 Å². The molecule has 0 fully saturated rings. The first-order valence-corrected chi connectivity index (χ1v) is 3.75. The van der Waals surface area contributed by atoms with Crippen LogP contribution in [0.2, 0.25) is 6.32 Å². The third-order valence-electron chi connectivity index (χ3n) is 1.47. The molecular weight excluding hydrogens is 169 g/mol. The molecule has 0 rings (SSSR count). The summed E-state index contributed by atoms with van der Waals surface area (Å²) in [6.07, 6.45) is -5.53. The predicted octanol–water partition coefficient (Wildman–Crippen LogP) is -0.0937. The maximum absolute atomic E-state index is 12.6. The standard InChI is InChI=1S/C6H13BF2O3/c1-4(10)6(9)2-5(8)3-7(11)12/h4-6,10-12H,2-3H2,1H3. The summed E-state index contributed by atoms with van der Waals surface area (Å²) in [4.78, 5) is 0. The van der Waals surface area contributed by atoms with Crippen LogP contribution in [-0.4, -0.2) is 40.7 Å². The predicted molar refractivity (Wildman–Crippen MR) is 41.1 cm³/mol. The van der Waals surface area contributed by atoms with Gasteiger partial charge < -0.3 is 15.2 Å². The number of aliphatic hydroxyl groups excluding tert-OH is 1. The molecule has 0 aliphatic heterocycles. The highest BCUT2D eigenvalue weighted by atomic mass is 19.1. The zero-order valence-corrected chi connectivity index (χ0v) is 6.82. The second-order valence-electron chi connectivity index (χ2n) is 2.81. The molecule has 3 nitrogen and oxygen atoms in total. The largest absolute Gasteiger partial charge is 0.454 e. The van der Waals surface area contributed by atoms with E-state index in [4.69, 9.17) is 15.2 Å². The summed E-state index contributed by atoms with van der Waals surface area (Å²) in [6.45, 7) is 1.22. The molecule has 0 saturated heterocycles. The van der Waals surface area contributed by atoms with Crippen LogP contribution in [0.5, 0.6) is 0 Å². The van der Waals surface area contributed by atoms with Gasteiger partial charge in [0.2, 0.25) is 0 Å². The Hall–Kier alpha value is -0.195. The molecule has 72 valence electrons. The lowest BCUT2D eigenvalue weighted by Crippen LogP contribution is -2.25. The Morgan fingerprint density at radius 1 is 1.33 bits per heavy atom. The minimum atomic E-state index is -1.76. The third kappa shape index (κ3) is 5.45. The second kappa shape index (κ2) is 5.45. The van der Waals surface area contributed by atoms with E-state index in [1.54, 1.807) is 0 Å². The van der Waals surface area contributed by atoms with Crippen molar-refractivity contribution < 1.29 is 23.9 Å². The summed E-state index contributed by atoms with van der Waals surface area (Å²) in [6, 6.07) is 0. The van der Waals surface area contributed by atoms with E-state index in [0.29, 0.717) is 0 Å². The Morgan fingerprint density at radius 2 is 1.83 bits per heavy atom. The zero-order valence-electron chi connectivity index (χ0n) is 6.82. The lowest BCUT2D eigenvalue weighted by atomic mass is 9.82. The van der Waals surface area contributed by atoms with Crippen LogP contribution in [-0.2, 0) is 0 Å². The number of hydrogen-bond donors (Lipinski definition) is 3. The Bertz CT molecular complexity index is 123. The molecule has 0 spiro atoms. The fourth-order valence-electron chi connectivity index (χ4n) is 0.766. The summed E-state index contributed by atoms with van der Waals surface area (Å²) in [7, 11) is -1.76. The Kier molecular flexibility index (Phi) is 5.36. The van der Waals surface area contributed by atoms with Crippen LogP contribution in [0.3, 0.4) is 0 Å². The van der Waals surface area contributed by atoms with Crippen molar-refractivity contribution in [3.63, 3.8) is 0 Å². The fourth-order valence-corrected chi connectivity index (χ4v) is 0.766. The van der Waals surface area contributed by atoms with E-state index >= 15 is 0 Å². The Labute approximate surface area is 70.2 Å². The van der Waals surface area contributed by atoms with Crippen molar-refractivity contribution >= 4 is 7.12 Å². The van der Waals surface area contributed by atoms with E-state index in [1.165, 1.54) is 6.92 Å². The van der Waals surface area contributed by atoms with Gasteiger partial charge in [-0.25, -0.2) is 8.78 Å². The zero-order chi connectivity index (χ0) is 9.72. The van der Waals surface area contributed by atoms with Gasteiger partial charge in [0.15, 0.2) is 0 Å². The number of halogens is 2. The number of rotatable bonds is 5. The van der Waals surface area contributed by atoms with Crippen molar-refractivity contribution in [3.05, 3.63) is 0 Å². The quantitative estimate of drug-likeness (QED) is 0.520. The van der Waals surface area contributed by atoms with E-state index in [2.05, 4.69) is 0 Å². The monoisotopic (exact) mass is 182 g/mol. The van der Waals surface area contributed by atoms with Crippen LogP contribution in [0, 0.1) is 0 Å². The van der Waals surface area contributed by atoms with Crippen LogP contribution < -0.4 is 0 Å². The fraction of sp³-hybridized carbons (Fsp3) is 1.00. The summed E-state index contributed by atoms with van der Waals surface area (Å²) < 4.78 is 25.2. The normalized spacial score (nSPS) is 18.5. The van der Waals surface area contributed by atoms with Crippen LogP contribution in [0.1, 0.15) is 13.3 Å². The summed E-state index contributed by atoms with van der Waals surface area (Å²) >= 11 is 0. The maximum Gasteiger partial charge on any atom is 0.454 e. The first kappa shape index (κ1) is 11.8. The lowest BCUT2D eigenvalue weighted by Gasteiger charge is -2.13. The minimum Gasteiger partial charge on any atom is -0.427 e. The molecule has 0 aromatic carbocycles. The Balaban J connectivity index is 3.61. The molecule has 0 aromatic heterocycles. The van der Waals surface area contributed by atoms with Gasteiger partial charge in [-0.05, 0) is 6.92 Å². The molecule has 3 atom stereocenters. The van der Waals surface area contributed by atoms with Crippen LogP contribution >= 0.6 is 0 Å². The van der Waals surface area contributed by atoms with Crippen molar-refractivity contribution in [2.75, 3.05) is 0 Å². The van der Waals surface area contributed by atoms with Gasteiger partial charge in [0.05, 0.1) is 6.10 Å². The molecule has 0 bridgehead atoms. The van der Waals surface area contributed by atoms with E-state index in [-0.39, 0.29) is 0 Å². The average molecular weight is 182 g/mol. The molecule has 0 radical (unpaired) electrons. The van der Waals surface area contributed by atoms with E-state index in [0.717, 1.165) is 0 Å². The molecule has 0 aliphatic carbocycles. The van der Waals surface area contributed by atoms with Crippen molar-refractivity contribution in [2.45, 2.75) is 38.1 Å². The SMILES string of the molecule is CC(O)C(F)CC(F)CB(O)O. The maximum atomic E-state index is 12.6. The summed E-state index contributed by atoms with van der Waals surface area (Å²) in [5, 5.41) is 25.2. The molecule has 3 N–H and O–H groups in total. The van der Waals surface area contributed by atoms with E-state index < -0.39 is 38.3 Å². The number of alkyl halides is 2. The third-order valence-corrected chi connectivity index (χ3v) is 1.47. The molecule has 3 unspecified atom stereocenters. The first-order chi connectivity index (χ1) is 5.43. The van der Waals surface area contributed by atoms with E-state index in [9.17, 15) is 8.78 Å². The molecule has 12 heavy (non-hydrogen) atoms. The van der Waals surface area contributed by atoms with Gasteiger partial charge in [0.1, 0.15) is 12.3 Å². The van der Waals surface area contributed by atoms with Gasteiger partial charge in [-0.1, -0.05) is 0 Å². The highest BCUT2D eigenvalue weighted by Crippen LogP contribution is 2.13.